The van der Waals surface area contributed by atoms with Crippen LogP contribution in [0.1, 0.15) is 18.4 Å². The van der Waals surface area contributed by atoms with Crippen molar-refractivity contribution in [3.8, 4) is 0 Å². The van der Waals surface area contributed by atoms with E-state index in [-0.39, 0.29) is 12.0 Å². The molecular formula is C14H16FNO4. The Hall–Kier alpha value is -1.95. The maximum Gasteiger partial charge on any atom is 0.326 e. The van der Waals surface area contributed by atoms with Crippen molar-refractivity contribution in [1.82, 2.24) is 5.32 Å². The number of carboxylic acids is 1. The third-order valence-corrected chi connectivity index (χ3v) is 3.22. The van der Waals surface area contributed by atoms with E-state index in [2.05, 4.69) is 5.32 Å². The van der Waals surface area contributed by atoms with E-state index in [0.717, 1.165) is 6.42 Å². The summed E-state index contributed by atoms with van der Waals surface area (Å²) in [7, 11) is 0. The van der Waals surface area contributed by atoms with Crippen LogP contribution < -0.4 is 5.32 Å². The zero-order chi connectivity index (χ0) is 14.5. The first-order valence-electron chi connectivity index (χ1n) is 6.46. The van der Waals surface area contributed by atoms with Gasteiger partial charge in [0.25, 0.3) is 0 Å². The molecule has 1 aliphatic heterocycles. The highest BCUT2D eigenvalue weighted by Crippen LogP contribution is 2.13. The summed E-state index contributed by atoms with van der Waals surface area (Å²) >= 11 is 0. The van der Waals surface area contributed by atoms with E-state index in [1.165, 1.54) is 18.2 Å². The molecule has 0 spiro atoms. The Labute approximate surface area is 115 Å². The fourth-order valence-corrected chi connectivity index (χ4v) is 2.13. The van der Waals surface area contributed by atoms with Gasteiger partial charge in [0.1, 0.15) is 18.0 Å². The summed E-state index contributed by atoms with van der Waals surface area (Å²) < 4.78 is 18.7. The van der Waals surface area contributed by atoms with Crippen LogP contribution in [0.4, 0.5) is 4.39 Å². The number of aliphatic carboxylic acids is 1. The number of carbonyl (C=O) groups is 2. The van der Waals surface area contributed by atoms with Crippen LogP contribution in [0.3, 0.4) is 0 Å². The Kier molecular flexibility index (Phi) is 4.68. The van der Waals surface area contributed by atoms with Crippen LogP contribution in [0.5, 0.6) is 0 Å². The van der Waals surface area contributed by atoms with Crippen molar-refractivity contribution in [3.63, 3.8) is 0 Å². The fraction of sp³-hybridized carbons (Fsp3) is 0.429. The van der Waals surface area contributed by atoms with Crippen LogP contribution in [0, 0.1) is 5.82 Å². The number of hydrogen-bond donors (Lipinski definition) is 2. The normalized spacial score (nSPS) is 19.6. The lowest BCUT2D eigenvalue weighted by molar-refractivity contribution is -0.143. The second-order valence-electron chi connectivity index (χ2n) is 4.70. The van der Waals surface area contributed by atoms with Crippen molar-refractivity contribution in [2.45, 2.75) is 31.4 Å². The lowest BCUT2D eigenvalue weighted by Gasteiger charge is -2.17. The zero-order valence-electron chi connectivity index (χ0n) is 10.8. The molecule has 0 bridgehead atoms. The van der Waals surface area contributed by atoms with Crippen molar-refractivity contribution in [3.05, 3.63) is 35.6 Å². The molecule has 0 radical (unpaired) electrons. The topological polar surface area (TPSA) is 75.6 Å². The third kappa shape index (κ3) is 3.54. The summed E-state index contributed by atoms with van der Waals surface area (Å²) in [5, 5.41) is 11.5. The Bertz CT molecular complexity index is 500. The van der Waals surface area contributed by atoms with E-state index >= 15 is 0 Å². The van der Waals surface area contributed by atoms with E-state index in [1.54, 1.807) is 6.07 Å². The molecule has 0 aromatic heterocycles. The minimum Gasteiger partial charge on any atom is -0.480 e. The van der Waals surface area contributed by atoms with Gasteiger partial charge in [-0.1, -0.05) is 18.2 Å². The van der Waals surface area contributed by atoms with Gasteiger partial charge in [0.05, 0.1) is 0 Å². The van der Waals surface area contributed by atoms with E-state index in [0.29, 0.717) is 13.0 Å². The Morgan fingerprint density at radius 1 is 1.45 bits per heavy atom. The van der Waals surface area contributed by atoms with Gasteiger partial charge >= 0.3 is 5.97 Å². The van der Waals surface area contributed by atoms with E-state index in [1.807, 2.05) is 0 Å². The number of rotatable bonds is 5. The van der Waals surface area contributed by atoms with E-state index < -0.39 is 29.8 Å². The molecule has 0 aliphatic carbocycles. The average Bonchev–Trinajstić information content (AvgIpc) is 2.94. The summed E-state index contributed by atoms with van der Waals surface area (Å²) in [5.74, 6) is -2.13. The van der Waals surface area contributed by atoms with Crippen LogP contribution in [-0.2, 0) is 20.7 Å². The van der Waals surface area contributed by atoms with Crippen molar-refractivity contribution >= 4 is 11.9 Å². The SMILES string of the molecule is O=C(O)[C@H](Cc1ccccc1F)NC(=O)[C@@H]1CCCO1. The van der Waals surface area contributed by atoms with Crippen molar-refractivity contribution in [1.29, 1.82) is 0 Å². The maximum absolute atomic E-state index is 13.5. The maximum atomic E-state index is 13.5. The lowest BCUT2D eigenvalue weighted by atomic mass is 10.0. The fourth-order valence-electron chi connectivity index (χ4n) is 2.13. The highest BCUT2D eigenvalue weighted by atomic mass is 19.1. The number of carbonyl (C=O) groups excluding carboxylic acids is 1. The first kappa shape index (κ1) is 14.5. The number of carboxylic acid groups (broad SMARTS) is 1. The molecule has 6 heteroatoms. The minimum atomic E-state index is -1.19. The van der Waals surface area contributed by atoms with Gasteiger partial charge in [-0.15, -0.1) is 0 Å². The third-order valence-electron chi connectivity index (χ3n) is 3.22. The van der Waals surface area contributed by atoms with Crippen LogP contribution in [0.15, 0.2) is 24.3 Å². The summed E-state index contributed by atoms with van der Waals surface area (Å²) in [5.41, 5.74) is 0.257. The van der Waals surface area contributed by atoms with Crippen LogP contribution >= 0.6 is 0 Å². The minimum absolute atomic E-state index is 0.0968. The van der Waals surface area contributed by atoms with Gasteiger partial charge in [0.15, 0.2) is 0 Å². The van der Waals surface area contributed by atoms with Crippen molar-refractivity contribution in [2.24, 2.45) is 0 Å². The summed E-state index contributed by atoms with van der Waals surface area (Å²) in [6.07, 6.45) is 0.666. The smallest absolute Gasteiger partial charge is 0.326 e. The number of hydrogen-bond acceptors (Lipinski definition) is 3. The highest BCUT2D eigenvalue weighted by Gasteiger charge is 2.28. The number of amides is 1. The molecule has 0 saturated carbocycles. The Morgan fingerprint density at radius 3 is 2.80 bits per heavy atom. The molecule has 1 saturated heterocycles. The Morgan fingerprint density at radius 2 is 2.20 bits per heavy atom. The largest absolute Gasteiger partial charge is 0.480 e. The van der Waals surface area contributed by atoms with Crippen molar-refractivity contribution in [2.75, 3.05) is 6.61 Å². The van der Waals surface area contributed by atoms with Gasteiger partial charge in [-0.25, -0.2) is 9.18 Å². The monoisotopic (exact) mass is 281 g/mol. The van der Waals surface area contributed by atoms with Gasteiger partial charge in [-0.3, -0.25) is 4.79 Å². The van der Waals surface area contributed by atoms with E-state index in [9.17, 15) is 14.0 Å². The van der Waals surface area contributed by atoms with Gasteiger partial charge in [-0.05, 0) is 24.5 Å². The summed E-state index contributed by atoms with van der Waals surface area (Å²) in [4.78, 5) is 23.0. The van der Waals surface area contributed by atoms with Gasteiger partial charge in [-0.2, -0.15) is 0 Å². The first-order valence-corrected chi connectivity index (χ1v) is 6.46. The van der Waals surface area contributed by atoms with E-state index in [4.69, 9.17) is 9.84 Å². The molecule has 1 heterocycles. The predicted octanol–water partition coefficient (Wildman–Crippen LogP) is 1.12. The van der Waals surface area contributed by atoms with Crippen LogP contribution in [-0.4, -0.2) is 35.7 Å². The zero-order valence-corrected chi connectivity index (χ0v) is 10.8. The molecule has 5 nitrogen and oxygen atoms in total. The average molecular weight is 281 g/mol. The molecule has 0 unspecified atom stereocenters. The van der Waals surface area contributed by atoms with Gasteiger partial charge in [0.2, 0.25) is 5.91 Å². The van der Waals surface area contributed by atoms with Crippen molar-refractivity contribution < 1.29 is 23.8 Å². The second-order valence-corrected chi connectivity index (χ2v) is 4.70. The highest BCUT2D eigenvalue weighted by molar-refractivity contribution is 5.86. The second kappa shape index (κ2) is 6.47. The molecule has 2 N–H and O–H groups in total. The Balaban J connectivity index is 2.02. The number of benzene rings is 1. The summed E-state index contributed by atoms with van der Waals surface area (Å²) in [6, 6.07) is 4.75. The molecule has 108 valence electrons. The van der Waals surface area contributed by atoms with Gasteiger partial charge in [0, 0.05) is 13.0 Å². The van der Waals surface area contributed by atoms with Crippen LogP contribution in [0.25, 0.3) is 0 Å². The molecule has 20 heavy (non-hydrogen) atoms. The lowest BCUT2D eigenvalue weighted by Crippen LogP contribution is -2.46. The predicted molar refractivity (Wildman–Crippen MR) is 68.6 cm³/mol. The van der Waals surface area contributed by atoms with Gasteiger partial charge < -0.3 is 15.2 Å². The molecular weight excluding hydrogens is 265 g/mol. The quantitative estimate of drug-likeness (QED) is 0.848. The molecule has 1 aliphatic rings. The molecule has 1 amide bonds. The number of halogens is 1. The molecule has 2 atom stereocenters. The molecule has 2 rings (SSSR count). The molecule has 1 aromatic carbocycles. The molecule has 1 fully saturated rings. The number of nitrogens with one attached hydrogen (secondary N) is 1. The number of ether oxygens (including phenoxy) is 1. The van der Waals surface area contributed by atoms with Crippen LogP contribution in [0.2, 0.25) is 0 Å². The summed E-state index contributed by atoms with van der Waals surface area (Å²) in [6.45, 7) is 0.503. The molecule has 1 aromatic rings. The standard InChI is InChI=1S/C14H16FNO4/c15-10-5-2-1-4-9(10)8-11(14(18)19)16-13(17)12-6-3-7-20-12/h1-2,4-5,11-12H,3,6-8H2,(H,16,17)(H,18,19)/t11-,12-/m0/s1. The first-order chi connectivity index (χ1) is 9.58.